The summed E-state index contributed by atoms with van der Waals surface area (Å²) in [7, 11) is -3.76. The zero-order valence-corrected chi connectivity index (χ0v) is 20.8. The van der Waals surface area contributed by atoms with Crippen LogP contribution in [0.2, 0.25) is 0 Å². The second-order valence-corrected chi connectivity index (χ2v) is 11.1. The first-order chi connectivity index (χ1) is 15.1. The molecule has 1 aliphatic carbocycles. The molecule has 1 atom stereocenters. The van der Waals surface area contributed by atoms with E-state index < -0.39 is 10.0 Å². The van der Waals surface area contributed by atoms with Crippen LogP contribution in [0.4, 0.5) is 0 Å². The lowest BCUT2D eigenvalue weighted by Crippen LogP contribution is -2.47. The molecular formula is C26H36N2O3S. The molecule has 2 aromatic rings. The van der Waals surface area contributed by atoms with Gasteiger partial charge in [0.1, 0.15) is 0 Å². The Kier molecular flexibility index (Phi) is 7.78. The van der Waals surface area contributed by atoms with Gasteiger partial charge in [0.15, 0.2) is 0 Å². The van der Waals surface area contributed by atoms with E-state index in [1.807, 2.05) is 20.8 Å². The summed E-state index contributed by atoms with van der Waals surface area (Å²) in [5.41, 5.74) is 5.59. The molecule has 1 aliphatic rings. The first-order valence-electron chi connectivity index (χ1n) is 11.5. The smallest absolute Gasteiger partial charge is 0.243 e. The molecule has 0 unspecified atom stereocenters. The highest BCUT2D eigenvalue weighted by molar-refractivity contribution is 7.89. The van der Waals surface area contributed by atoms with Crippen LogP contribution in [0.25, 0.3) is 0 Å². The van der Waals surface area contributed by atoms with Gasteiger partial charge in [-0.25, -0.2) is 8.42 Å². The normalized spacial score (nSPS) is 16.2. The molecule has 1 fully saturated rings. The Hall–Kier alpha value is -2.18. The van der Waals surface area contributed by atoms with Crippen molar-refractivity contribution < 1.29 is 13.2 Å². The van der Waals surface area contributed by atoms with Crippen molar-refractivity contribution in [1.82, 2.24) is 9.62 Å². The van der Waals surface area contributed by atoms with E-state index in [4.69, 9.17) is 0 Å². The summed E-state index contributed by atoms with van der Waals surface area (Å²) >= 11 is 0. The van der Waals surface area contributed by atoms with Crippen LogP contribution in [-0.2, 0) is 14.8 Å². The summed E-state index contributed by atoms with van der Waals surface area (Å²) in [6, 6.07) is 10.8. The largest absolute Gasteiger partial charge is 0.348 e. The van der Waals surface area contributed by atoms with Gasteiger partial charge in [-0.2, -0.15) is 4.31 Å². The number of aryl methyl sites for hydroxylation is 4. The SMILES string of the molecule is Cc1ccc(S(=O)(=O)N(CC(=O)N[C@H](C)c2cc(C)c(C)cc2C)C2CCCCC2)cc1. The van der Waals surface area contributed by atoms with E-state index in [0.717, 1.165) is 48.8 Å². The van der Waals surface area contributed by atoms with Crippen LogP contribution in [0.1, 0.15) is 72.9 Å². The Balaban J connectivity index is 1.82. The molecule has 5 nitrogen and oxygen atoms in total. The van der Waals surface area contributed by atoms with Gasteiger partial charge in [-0.15, -0.1) is 0 Å². The van der Waals surface area contributed by atoms with Gasteiger partial charge in [0.2, 0.25) is 15.9 Å². The number of sulfonamides is 1. The zero-order chi connectivity index (χ0) is 23.5. The van der Waals surface area contributed by atoms with Gasteiger partial charge in [-0.1, -0.05) is 49.1 Å². The molecule has 1 amide bonds. The van der Waals surface area contributed by atoms with E-state index in [-0.39, 0.29) is 29.4 Å². The molecule has 0 heterocycles. The van der Waals surface area contributed by atoms with E-state index >= 15 is 0 Å². The second-order valence-electron chi connectivity index (χ2n) is 9.24. The maximum absolute atomic E-state index is 13.5. The lowest BCUT2D eigenvalue weighted by Gasteiger charge is -2.33. The van der Waals surface area contributed by atoms with Gasteiger partial charge in [-0.3, -0.25) is 4.79 Å². The lowest BCUT2D eigenvalue weighted by atomic mass is 9.95. The number of amides is 1. The first kappa shape index (κ1) is 24.5. The number of hydrogen-bond acceptors (Lipinski definition) is 3. The standard InChI is InChI=1S/C26H36N2O3S/c1-18-11-13-24(14-12-18)32(30,31)28(23-9-7-6-8-10-23)17-26(29)27-22(5)25-16-20(3)19(2)15-21(25)4/h11-16,22-23H,6-10,17H2,1-5H3,(H,27,29)/t22-/m1/s1. The summed E-state index contributed by atoms with van der Waals surface area (Å²) in [5.74, 6) is -0.267. The summed E-state index contributed by atoms with van der Waals surface area (Å²) < 4.78 is 28.5. The Labute approximate surface area is 193 Å². The Bertz CT molecular complexity index is 1060. The van der Waals surface area contributed by atoms with Crippen LogP contribution >= 0.6 is 0 Å². The number of hydrogen-bond donors (Lipinski definition) is 1. The van der Waals surface area contributed by atoms with Crippen molar-refractivity contribution in [3.63, 3.8) is 0 Å². The van der Waals surface area contributed by atoms with E-state index in [2.05, 4.69) is 31.3 Å². The van der Waals surface area contributed by atoms with E-state index in [0.29, 0.717) is 0 Å². The van der Waals surface area contributed by atoms with Gasteiger partial charge in [0.05, 0.1) is 17.5 Å². The second kappa shape index (κ2) is 10.2. The van der Waals surface area contributed by atoms with Crippen LogP contribution in [0.3, 0.4) is 0 Å². The Morgan fingerprint density at radius 2 is 1.56 bits per heavy atom. The topological polar surface area (TPSA) is 66.5 Å². The molecule has 32 heavy (non-hydrogen) atoms. The van der Waals surface area contributed by atoms with E-state index in [1.54, 1.807) is 24.3 Å². The van der Waals surface area contributed by atoms with Crippen molar-refractivity contribution in [2.75, 3.05) is 6.54 Å². The third-order valence-electron chi connectivity index (χ3n) is 6.64. The van der Waals surface area contributed by atoms with E-state index in [1.165, 1.54) is 15.4 Å². The molecule has 0 bridgehead atoms. The maximum atomic E-state index is 13.5. The first-order valence-corrected chi connectivity index (χ1v) is 13.0. The molecule has 2 aromatic carbocycles. The third-order valence-corrected chi connectivity index (χ3v) is 8.55. The van der Waals surface area contributed by atoms with Crippen LogP contribution < -0.4 is 5.32 Å². The molecule has 6 heteroatoms. The van der Waals surface area contributed by atoms with Crippen LogP contribution in [0, 0.1) is 27.7 Å². The quantitative estimate of drug-likeness (QED) is 0.629. The number of benzene rings is 2. The van der Waals surface area contributed by atoms with Crippen molar-refractivity contribution >= 4 is 15.9 Å². The van der Waals surface area contributed by atoms with Gasteiger partial charge in [-0.05, 0) is 81.8 Å². The van der Waals surface area contributed by atoms with Gasteiger partial charge >= 0.3 is 0 Å². The predicted molar refractivity (Wildman–Crippen MR) is 129 cm³/mol. The minimum atomic E-state index is -3.76. The number of carbonyl (C=O) groups is 1. The average Bonchev–Trinajstić information content (AvgIpc) is 2.75. The molecular weight excluding hydrogens is 420 g/mol. The summed E-state index contributed by atoms with van der Waals surface area (Å²) in [6.07, 6.45) is 4.69. The van der Waals surface area contributed by atoms with Crippen molar-refractivity contribution in [2.24, 2.45) is 0 Å². The number of nitrogens with zero attached hydrogens (tertiary/aromatic N) is 1. The number of nitrogens with one attached hydrogen (secondary N) is 1. The molecule has 0 aliphatic heterocycles. The third kappa shape index (κ3) is 5.59. The monoisotopic (exact) mass is 456 g/mol. The molecule has 3 rings (SSSR count). The molecule has 174 valence electrons. The highest BCUT2D eigenvalue weighted by atomic mass is 32.2. The van der Waals surface area contributed by atoms with Crippen LogP contribution in [0.15, 0.2) is 41.3 Å². The highest BCUT2D eigenvalue weighted by Crippen LogP contribution is 2.28. The Morgan fingerprint density at radius 3 is 2.19 bits per heavy atom. The van der Waals surface area contributed by atoms with Crippen LogP contribution in [-0.4, -0.2) is 31.2 Å². The van der Waals surface area contributed by atoms with Gasteiger partial charge in [0.25, 0.3) is 0 Å². The summed E-state index contributed by atoms with van der Waals surface area (Å²) in [5, 5.41) is 3.04. The summed E-state index contributed by atoms with van der Waals surface area (Å²) in [6.45, 7) is 9.90. The van der Waals surface area contributed by atoms with Gasteiger partial charge in [0, 0.05) is 6.04 Å². The van der Waals surface area contributed by atoms with Crippen molar-refractivity contribution in [2.45, 2.75) is 83.7 Å². The minimum absolute atomic E-state index is 0.139. The molecule has 1 saturated carbocycles. The molecule has 0 spiro atoms. The molecule has 0 aromatic heterocycles. The molecule has 0 radical (unpaired) electrons. The fraction of sp³-hybridized carbons (Fsp3) is 0.500. The fourth-order valence-corrected chi connectivity index (χ4v) is 6.22. The maximum Gasteiger partial charge on any atom is 0.243 e. The van der Waals surface area contributed by atoms with Crippen molar-refractivity contribution in [3.8, 4) is 0 Å². The number of rotatable bonds is 7. The minimum Gasteiger partial charge on any atom is -0.348 e. The molecule has 1 N–H and O–H groups in total. The predicted octanol–water partition coefficient (Wildman–Crippen LogP) is 5.12. The van der Waals surface area contributed by atoms with Crippen LogP contribution in [0.5, 0.6) is 0 Å². The Morgan fingerprint density at radius 1 is 0.969 bits per heavy atom. The molecule has 0 saturated heterocycles. The lowest BCUT2D eigenvalue weighted by molar-refractivity contribution is -0.122. The summed E-state index contributed by atoms with van der Waals surface area (Å²) in [4.78, 5) is 13.3. The zero-order valence-electron chi connectivity index (χ0n) is 19.9. The fourth-order valence-electron chi connectivity index (χ4n) is 4.58. The van der Waals surface area contributed by atoms with Crippen molar-refractivity contribution in [3.05, 3.63) is 64.2 Å². The average molecular weight is 457 g/mol. The van der Waals surface area contributed by atoms with Gasteiger partial charge < -0.3 is 5.32 Å². The van der Waals surface area contributed by atoms with Crippen molar-refractivity contribution in [1.29, 1.82) is 0 Å². The number of carbonyl (C=O) groups excluding carboxylic acids is 1. The van der Waals surface area contributed by atoms with E-state index in [9.17, 15) is 13.2 Å². The highest BCUT2D eigenvalue weighted by Gasteiger charge is 2.34.